The zero-order valence-electron chi connectivity index (χ0n) is 9.99. The molecule has 0 unspecified atom stereocenters. The van der Waals surface area contributed by atoms with E-state index in [1.54, 1.807) is 6.92 Å². The fourth-order valence-corrected chi connectivity index (χ4v) is 1.82. The van der Waals surface area contributed by atoms with Crippen LogP contribution < -0.4 is 0 Å². The number of carbonyl (C=O) groups excluding carboxylic acids is 1. The highest BCUT2D eigenvalue weighted by atomic mass is 16.5. The number of nitrogens with zero attached hydrogens (tertiary/aromatic N) is 3. The maximum Gasteiger partial charge on any atom is 0.352 e. The van der Waals surface area contributed by atoms with Crippen LogP contribution in [0.15, 0.2) is 11.4 Å². The van der Waals surface area contributed by atoms with Gasteiger partial charge in [0.15, 0.2) is 5.57 Å². The lowest BCUT2D eigenvalue weighted by Crippen LogP contribution is -2.40. The minimum atomic E-state index is -0.541. The van der Waals surface area contributed by atoms with Crippen LogP contribution in [0.4, 0.5) is 0 Å². The molecule has 0 atom stereocenters. The Bertz CT molecular complexity index is 332. The van der Waals surface area contributed by atoms with Crippen LogP contribution in [-0.2, 0) is 9.53 Å². The molecule has 16 heavy (non-hydrogen) atoms. The number of carbonyl (C=O) groups is 1. The SMILES string of the molecule is CCOC(=O)C(C#N)=C1N(C)CCCN1C. The van der Waals surface area contributed by atoms with E-state index in [9.17, 15) is 4.79 Å². The van der Waals surface area contributed by atoms with Crippen molar-refractivity contribution in [1.82, 2.24) is 9.80 Å². The van der Waals surface area contributed by atoms with Gasteiger partial charge in [-0.3, -0.25) is 0 Å². The summed E-state index contributed by atoms with van der Waals surface area (Å²) in [7, 11) is 3.75. The number of ether oxygens (including phenoxy) is 1. The molecule has 0 aliphatic carbocycles. The molecule has 0 aromatic heterocycles. The van der Waals surface area contributed by atoms with Gasteiger partial charge in [0.1, 0.15) is 11.9 Å². The van der Waals surface area contributed by atoms with Crippen molar-refractivity contribution in [1.29, 1.82) is 5.26 Å². The second-order valence-electron chi connectivity index (χ2n) is 3.73. The fraction of sp³-hybridized carbons (Fsp3) is 0.636. The lowest BCUT2D eigenvalue weighted by molar-refractivity contribution is -0.138. The van der Waals surface area contributed by atoms with Crippen LogP contribution in [0.5, 0.6) is 0 Å². The van der Waals surface area contributed by atoms with Crippen LogP contribution in [-0.4, -0.2) is 49.6 Å². The Morgan fingerprint density at radius 2 is 2.00 bits per heavy atom. The highest BCUT2D eigenvalue weighted by molar-refractivity contribution is 5.93. The van der Waals surface area contributed by atoms with Crippen LogP contribution in [0, 0.1) is 11.3 Å². The van der Waals surface area contributed by atoms with Crippen LogP contribution >= 0.6 is 0 Å². The Kier molecular flexibility index (Phi) is 4.18. The van der Waals surface area contributed by atoms with Gasteiger partial charge in [0.2, 0.25) is 0 Å². The zero-order chi connectivity index (χ0) is 12.1. The third kappa shape index (κ3) is 2.45. The summed E-state index contributed by atoms with van der Waals surface area (Å²) >= 11 is 0. The van der Waals surface area contributed by atoms with Gasteiger partial charge in [0.25, 0.3) is 0 Å². The Labute approximate surface area is 95.9 Å². The lowest BCUT2D eigenvalue weighted by atomic mass is 10.2. The van der Waals surface area contributed by atoms with E-state index in [0.717, 1.165) is 19.5 Å². The van der Waals surface area contributed by atoms with Crippen LogP contribution in [0.3, 0.4) is 0 Å². The molecule has 0 bridgehead atoms. The van der Waals surface area contributed by atoms with E-state index >= 15 is 0 Å². The summed E-state index contributed by atoms with van der Waals surface area (Å²) in [6.07, 6.45) is 1.03. The first-order valence-corrected chi connectivity index (χ1v) is 5.35. The summed E-state index contributed by atoms with van der Waals surface area (Å²) in [6, 6.07) is 1.94. The minimum Gasteiger partial charge on any atom is -0.462 e. The molecule has 0 amide bonds. The molecule has 0 radical (unpaired) electrons. The Balaban J connectivity index is 3.05. The van der Waals surface area contributed by atoms with Gasteiger partial charge in [-0.05, 0) is 13.3 Å². The normalized spacial score (nSPS) is 15.8. The molecule has 5 heteroatoms. The molecule has 1 aliphatic rings. The van der Waals surface area contributed by atoms with Gasteiger partial charge in [-0.1, -0.05) is 0 Å². The molecular formula is C11H17N3O2. The smallest absolute Gasteiger partial charge is 0.352 e. The monoisotopic (exact) mass is 223 g/mol. The summed E-state index contributed by atoms with van der Waals surface area (Å²) in [6.45, 7) is 3.71. The molecule has 0 N–H and O–H groups in total. The van der Waals surface area contributed by atoms with E-state index in [2.05, 4.69) is 0 Å². The second-order valence-corrected chi connectivity index (χ2v) is 3.73. The van der Waals surface area contributed by atoms with E-state index in [1.165, 1.54) is 0 Å². The number of hydrogen-bond acceptors (Lipinski definition) is 5. The summed E-state index contributed by atoms with van der Waals surface area (Å²) in [5.74, 6) is 0.118. The van der Waals surface area contributed by atoms with E-state index in [1.807, 2.05) is 30.0 Å². The molecule has 1 saturated heterocycles. The largest absolute Gasteiger partial charge is 0.462 e. The van der Waals surface area contributed by atoms with Crippen LogP contribution in [0.1, 0.15) is 13.3 Å². The third-order valence-electron chi connectivity index (χ3n) is 2.53. The molecule has 0 aromatic rings. The van der Waals surface area contributed by atoms with Crippen molar-refractivity contribution in [3.63, 3.8) is 0 Å². The van der Waals surface area contributed by atoms with E-state index in [0.29, 0.717) is 5.82 Å². The lowest BCUT2D eigenvalue weighted by Gasteiger charge is -2.36. The first-order chi connectivity index (χ1) is 7.61. The molecule has 1 fully saturated rings. The molecule has 1 heterocycles. The number of hydrogen-bond donors (Lipinski definition) is 0. The van der Waals surface area contributed by atoms with E-state index in [-0.39, 0.29) is 12.2 Å². The van der Waals surface area contributed by atoms with E-state index < -0.39 is 5.97 Å². The van der Waals surface area contributed by atoms with Crippen molar-refractivity contribution in [2.75, 3.05) is 33.8 Å². The maximum atomic E-state index is 11.6. The van der Waals surface area contributed by atoms with Crippen molar-refractivity contribution < 1.29 is 9.53 Å². The molecule has 1 rings (SSSR count). The Morgan fingerprint density at radius 1 is 1.44 bits per heavy atom. The molecule has 5 nitrogen and oxygen atoms in total. The minimum absolute atomic E-state index is 0.0894. The van der Waals surface area contributed by atoms with Gasteiger partial charge in [-0.15, -0.1) is 0 Å². The number of rotatable bonds is 2. The van der Waals surface area contributed by atoms with E-state index in [4.69, 9.17) is 10.00 Å². The predicted octanol–water partition coefficient (Wildman–Crippen LogP) is 0.552. The average molecular weight is 223 g/mol. The molecule has 1 aliphatic heterocycles. The van der Waals surface area contributed by atoms with Crippen LogP contribution in [0.2, 0.25) is 0 Å². The highest BCUT2D eigenvalue weighted by Crippen LogP contribution is 2.18. The quantitative estimate of drug-likeness (QED) is 0.389. The predicted molar refractivity (Wildman–Crippen MR) is 59.1 cm³/mol. The fourth-order valence-electron chi connectivity index (χ4n) is 1.82. The molecule has 0 aromatic carbocycles. The van der Waals surface area contributed by atoms with Crippen molar-refractivity contribution in [2.24, 2.45) is 0 Å². The molecular weight excluding hydrogens is 206 g/mol. The topological polar surface area (TPSA) is 56.6 Å². The number of esters is 1. The second kappa shape index (κ2) is 5.40. The third-order valence-corrected chi connectivity index (χ3v) is 2.53. The van der Waals surface area contributed by atoms with Gasteiger partial charge in [-0.2, -0.15) is 5.26 Å². The Morgan fingerprint density at radius 3 is 2.44 bits per heavy atom. The van der Waals surface area contributed by atoms with Gasteiger partial charge >= 0.3 is 5.97 Å². The van der Waals surface area contributed by atoms with Gasteiger partial charge < -0.3 is 14.5 Å². The first-order valence-electron chi connectivity index (χ1n) is 5.35. The molecule has 0 spiro atoms. The van der Waals surface area contributed by atoms with Crippen molar-refractivity contribution >= 4 is 5.97 Å². The van der Waals surface area contributed by atoms with Gasteiger partial charge in [-0.25, -0.2) is 4.79 Å². The van der Waals surface area contributed by atoms with Gasteiger partial charge in [0.05, 0.1) is 6.61 Å². The summed E-state index contributed by atoms with van der Waals surface area (Å²) in [5, 5.41) is 9.05. The standard InChI is InChI=1S/C11H17N3O2/c1-4-16-11(15)9(8-12)10-13(2)6-5-7-14(10)3/h4-7H2,1-3H3. The average Bonchev–Trinajstić information content (AvgIpc) is 2.24. The highest BCUT2D eigenvalue weighted by Gasteiger charge is 2.25. The summed E-state index contributed by atoms with van der Waals surface area (Å²) < 4.78 is 4.87. The molecule has 0 saturated carbocycles. The maximum absolute atomic E-state index is 11.6. The zero-order valence-corrected chi connectivity index (χ0v) is 9.99. The summed E-state index contributed by atoms with van der Waals surface area (Å²) in [5.41, 5.74) is 0.0894. The first kappa shape index (κ1) is 12.4. The van der Waals surface area contributed by atoms with Crippen molar-refractivity contribution in [2.45, 2.75) is 13.3 Å². The number of nitriles is 1. The van der Waals surface area contributed by atoms with Crippen LogP contribution in [0.25, 0.3) is 0 Å². The van der Waals surface area contributed by atoms with Crippen molar-refractivity contribution in [3.05, 3.63) is 11.4 Å². The van der Waals surface area contributed by atoms with Crippen molar-refractivity contribution in [3.8, 4) is 6.07 Å². The molecule has 88 valence electrons. The summed E-state index contributed by atoms with van der Waals surface area (Å²) in [4.78, 5) is 15.4. The Hall–Kier alpha value is -1.70. The van der Waals surface area contributed by atoms with Gasteiger partial charge in [0, 0.05) is 27.2 Å².